The van der Waals surface area contributed by atoms with Crippen LogP contribution in [0.1, 0.15) is 34.6 Å². The lowest BCUT2D eigenvalue weighted by atomic mass is 10.1. The molecule has 150 valence electrons. The van der Waals surface area contributed by atoms with Crippen molar-refractivity contribution in [3.63, 3.8) is 0 Å². The largest absolute Gasteiger partial charge is 0.492 e. The van der Waals surface area contributed by atoms with Crippen LogP contribution in [0.15, 0.2) is 48.5 Å². The maximum Gasteiger partial charge on any atom is 0.329 e. The van der Waals surface area contributed by atoms with Crippen LogP contribution in [-0.2, 0) is 14.3 Å². The van der Waals surface area contributed by atoms with Gasteiger partial charge in [-0.1, -0.05) is 24.3 Å². The summed E-state index contributed by atoms with van der Waals surface area (Å²) in [6.45, 7) is 3.07. The van der Waals surface area contributed by atoms with Gasteiger partial charge in [0.25, 0.3) is 17.7 Å². The SMILES string of the molecule is CCOc1ccccc1NC(=O)COC(=O)[C@@H](C)N1C(=O)c2ccccc2C1=O. The number of nitrogens with zero attached hydrogens (tertiary/aromatic N) is 1. The number of para-hydroxylation sites is 2. The molecule has 3 rings (SSSR count). The number of ether oxygens (including phenoxy) is 2. The quantitative estimate of drug-likeness (QED) is 0.569. The Labute approximate surface area is 167 Å². The van der Waals surface area contributed by atoms with Crippen molar-refractivity contribution in [1.82, 2.24) is 4.90 Å². The summed E-state index contributed by atoms with van der Waals surface area (Å²) in [7, 11) is 0. The summed E-state index contributed by atoms with van der Waals surface area (Å²) in [6.07, 6.45) is 0. The average Bonchev–Trinajstić information content (AvgIpc) is 2.98. The number of hydrogen-bond acceptors (Lipinski definition) is 6. The number of nitrogens with one attached hydrogen (secondary N) is 1. The lowest BCUT2D eigenvalue weighted by Gasteiger charge is -2.20. The monoisotopic (exact) mass is 396 g/mol. The molecule has 3 amide bonds. The van der Waals surface area contributed by atoms with E-state index < -0.39 is 36.3 Å². The highest BCUT2D eigenvalue weighted by Gasteiger charge is 2.41. The first-order valence-corrected chi connectivity index (χ1v) is 9.09. The molecule has 0 bridgehead atoms. The standard InChI is InChI=1S/C21H20N2O6/c1-3-28-17-11-7-6-10-16(17)22-18(24)12-29-21(27)13(2)23-19(25)14-8-4-5-9-15(14)20(23)26/h4-11,13H,3,12H2,1-2H3,(H,22,24)/t13-/m1/s1. The number of imide groups is 1. The van der Waals surface area contributed by atoms with Gasteiger partial charge in [0.2, 0.25) is 0 Å². The number of fused-ring (bicyclic) bond motifs is 1. The molecular weight excluding hydrogens is 376 g/mol. The van der Waals surface area contributed by atoms with Crippen LogP contribution in [-0.4, -0.2) is 47.8 Å². The van der Waals surface area contributed by atoms with Gasteiger partial charge in [0.05, 0.1) is 23.4 Å². The van der Waals surface area contributed by atoms with Gasteiger partial charge in [-0.05, 0) is 38.1 Å². The third-order valence-electron chi connectivity index (χ3n) is 4.36. The minimum atomic E-state index is -1.16. The number of rotatable bonds is 7. The summed E-state index contributed by atoms with van der Waals surface area (Å²) in [5.74, 6) is -2.06. The minimum Gasteiger partial charge on any atom is -0.492 e. The van der Waals surface area contributed by atoms with Gasteiger partial charge in [-0.3, -0.25) is 19.3 Å². The van der Waals surface area contributed by atoms with E-state index >= 15 is 0 Å². The van der Waals surface area contributed by atoms with E-state index in [2.05, 4.69) is 5.32 Å². The maximum atomic E-state index is 12.4. The van der Waals surface area contributed by atoms with Gasteiger partial charge in [0.1, 0.15) is 11.8 Å². The van der Waals surface area contributed by atoms with Crippen LogP contribution in [0.25, 0.3) is 0 Å². The molecule has 0 aliphatic carbocycles. The molecule has 0 radical (unpaired) electrons. The minimum absolute atomic E-state index is 0.238. The van der Waals surface area contributed by atoms with Crippen molar-refractivity contribution in [2.24, 2.45) is 0 Å². The predicted molar refractivity (Wildman–Crippen MR) is 104 cm³/mol. The average molecular weight is 396 g/mol. The molecule has 0 saturated carbocycles. The number of amides is 3. The van der Waals surface area contributed by atoms with E-state index in [1.54, 1.807) is 36.4 Å². The Hall–Kier alpha value is -3.68. The summed E-state index contributed by atoms with van der Waals surface area (Å²) >= 11 is 0. The van der Waals surface area contributed by atoms with Crippen LogP contribution < -0.4 is 10.1 Å². The first-order valence-electron chi connectivity index (χ1n) is 9.09. The molecule has 2 aromatic carbocycles. The first-order chi connectivity index (χ1) is 13.9. The summed E-state index contributed by atoms with van der Waals surface area (Å²) < 4.78 is 10.4. The normalized spacial score (nSPS) is 13.7. The van der Waals surface area contributed by atoms with E-state index in [9.17, 15) is 19.2 Å². The second-order valence-corrected chi connectivity index (χ2v) is 6.29. The molecule has 2 aromatic rings. The number of carbonyl (C=O) groups excluding carboxylic acids is 4. The Morgan fingerprint density at radius 3 is 2.21 bits per heavy atom. The Balaban J connectivity index is 1.59. The van der Waals surface area contributed by atoms with Gasteiger partial charge in [0, 0.05) is 0 Å². The highest BCUT2D eigenvalue weighted by molar-refractivity contribution is 6.22. The fraction of sp³-hybridized carbons (Fsp3) is 0.238. The lowest BCUT2D eigenvalue weighted by molar-refractivity contribution is -0.150. The van der Waals surface area contributed by atoms with Crippen molar-refractivity contribution in [2.75, 3.05) is 18.5 Å². The summed E-state index contributed by atoms with van der Waals surface area (Å²) in [4.78, 5) is 50.2. The predicted octanol–water partition coefficient (Wildman–Crippen LogP) is 2.25. The first kappa shape index (κ1) is 20.1. The van der Waals surface area contributed by atoms with Crippen LogP contribution in [0.4, 0.5) is 5.69 Å². The Morgan fingerprint density at radius 1 is 1.00 bits per heavy atom. The van der Waals surface area contributed by atoms with Crippen molar-refractivity contribution in [1.29, 1.82) is 0 Å². The van der Waals surface area contributed by atoms with Crippen molar-refractivity contribution < 1.29 is 28.7 Å². The number of benzene rings is 2. The van der Waals surface area contributed by atoms with Gasteiger partial charge in [-0.2, -0.15) is 0 Å². The maximum absolute atomic E-state index is 12.4. The third-order valence-corrected chi connectivity index (χ3v) is 4.36. The van der Waals surface area contributed by atoms with Gasteiger partial charge in [-0.25, -0.2) is 4.79 Å². The van der Waals surface area contributed by atoms with Crippen LogP contribution in [0.5, 0.6) is 5.75 Å². The van der Waals surface area contributed by atoms with E-state index in [0.29, 0.717) is 18.0 Å². The smallest absolute Gasteiger partial charge is 0.329 e. The zero-order valence-corrected chi connectivity index (χ0v) is 16.0. The van der Waals surface area contributed by atoms with E-state index in [0.717, 1.165) is 4.90 Å². The summed E-state index contributed by atoms with van der Waals surface area (Å²) in [6, 6.07) is 12.0. The second kappa shape index (κ2) is 8.55. The van der Waals surface area contributed by atoms with Crippen molar-refractivity contribution >= 4 is 29.4 Å². The Bertz CT molecular complexity index is 936. The highest BCUT2D eigenvalue weighted by Crippen LogP contribution is 2.25. The van der Waals surface area contributed by atoms with Crippen LogP contribution in [0.3, 0.4) is 0 Å². The topological polar surface area (TPSA) is 102 Å². The molecule has 8 nitrogen and oxygen atoms in total. The lowest BCUT2D eigenvalue weighted by Crippen LogP contribution is -2.44. The number of hydrogen-bond donors (Lipinski definition) is 1. The highest BCUT2D eigenvalue weighted by atomic mass is 16.5. The Kier molecular flexibility index (Phi) is 5.92. The molecular formula is C21H20N2O6. The zero-order valence-electron chi connectivity index (χ0n) is 16.0. The van der Waals surface area contributed by atoms with Crippen molar-refractivity contribution in [3.05, 3.63) is 59.7 Å². The second-order valence-electron chi connectivity index (χ2n) is 6.29. The van der Waals surface area contributed by atoms with Crippen LogP contribution >= 0.6 is 0 Å². The summed E-state index contributed by atoms with van der Waals surface area (Å²) in [5.41, 5.74) is 0.925. The molecule has 1 N–H and O–H groups in total. The van der Waals surface area contributed by atoms with Gasteiger partial charge >= 0.3 is 5.97 Å². The van der Waals surface area contributed by atoms with Crippen molar-refractivity contribution in [3.8, 4) is 5.75 Å². The number of anilines is 1. The fourth-order valence-corrected chi connectivity index (χ4v) is 2.96. The molecule has 1 heterocycles. The van der Waals surface area contributed by atoms with Crippen LogP contribution in [0, 0.1) is 0 Å². The molecule has 0 saturated heterocycles. The van der Waals surface area contributed by atoms with E-state index in [4.69, 9.17) is 9.47 Å². The molecule has 0 spiro atoms. The molecule has 1 aliphatic heterocycles. The molecule has 0 fully saturated rings. The van der Waals surface area contributed by atoms with Crippen LogP contribution in [0.2, 0.25) is 0 Å². The van der Waals surface area contributed by atoms with Gasteiger partial charge in [-0.15, -0.1) is 0 Å². The van der Waals surface area contributed by atoms with Crippen molar-refractivity contribution in [2.45, 2.75) is 19.9 Å². The van der Waals surface area contributed by atoms with Gasteiger partial charge < -0.3 is 14.8 Å². The fourth-order valence-electron chi connectivity index (χ4n) is 2.96. The van der Waals surface area contributed by atoms with Gasteiger partial charge in [0.15, 0.2) is 6.61 Å². The molecule has 1 atom stereocenters. The molecule has 8 heteroatoms. The molecule has 1 aliphatic rings. The zero-order chi connectivity index (χ0) is 21.0. The van der Waals surface area contributed by atoms with E-state index in [1.165, 1.54) is 19.1 Å². The summed E-state index contributed by atoms with van der Waals surface area (Å²) in [5, 5.41) is 2.60. The van der Waals surface area contributed by atoms with E-state index in [-0.39, 0.29) is 11.1 Å². The Morgan fingerprint density at radius 2 is 1.59 bits per heavy atom. The van der Waals surface area contributed by atoms with E-state index in [1.807, 2.05) is 6.92 Å². The number of esters is 1. The molecule has 29 heavy (non-hydrogen) atoms. The molecule has 0 aromatic heterocycles. The third kappa shape index (κ3) is 4.11. The number of carbonyl (C=O) groups is 4. The molecule has 0 unspecified atom stereocenters.